The molecule has 0 aromatic heterocycles. The molecular formula is C20H21FN2O2. The molecule has 0 bridgehead atoms. The van der Waals surface area contributed by atoms with E-state index in [1.165, 1.54) is 12.1 Å². The van der Waals surface area contributed by atoms with Crippen LogP contribution in [-0.4, -0.2) is 36.3 Å². The molecule has 0 saturated carbocycles. The molecular weight excluding hydrogens is 319 g/mol. The Balaban J connectivity index is 1.57. The molecule has 4 nitrogen and oxygen atoms in total. The molecule has 1 heterocycles. The van der Waals surface area contributed by atoms with E-state index in [2.05, 4.69) is 5.32 Å². The maximum atomic E-state index is 12.9. The third kappa shape index (κ3) is 4.44. The molecule has 25 heavy (non-hydrogen) atoms. The van der Waals surface area contributed by atoms with Crippen molar-refractivity contribution < 1.29 is 14.0 Å². The lowest BCUT2D eigenvalue weighted by molar-refractivity contribution is 0.0793. The first-order chi connectivity index (χ1) is 12.1. The Labute approximate surface area is 146 Å². The van der Waals surface area contributed by atoms with E-state index >= 15 is 0 Å². The second kappa shape index (κ2) is 7.92. The van der Waals surface area contributed by atoms with E-state index in [0.29, 0.717) is 24.1 Å². The summed E-state index contributed by atoms with van der Waals surface area (Å²) in [6, 6.07) is 13.1. The Hall–Kier alpha value is -2.69. The van der Waals surface area contributed by atoms with Crippen molar-refractivity contribution >= 4 is 11.8 Å². The van der Waals surface area contributed by atoms with Crippen LogP contribution in [0.1, 0.15) is 39.1 Å². The van der Waals surface area contributed by atoms with Gasteiger partial charge in [-0.05, 0) is 55.2 Å². The van der Waals surface area contributed by atoms with Crippen LogP contribution in [0.5, 0.6) is 0 Å². The first kappa shape index (κ1) is 17.1. The van der Waals surface area contributed by atoms with E-state index in [-0.39, 0.29) is 17.6 Å². The van der Waals surface area contributed by atoms with Crippen molar-refractivity contribution in [1.82, 2.24) is 10.2 Å². The van der Waals surface area contributed by atoms with Gasteiger partial charge in [-0.1, -0.05) is 18.2 Å². The van der Waals surface area contributed by atoms with Crippen LogP contribution in [0.2, 0.25) is 0 Å². The van der Waals surface area contributed by atoms with Crippen LogP contribution >= 0.6 is 0 Å². The molecule has 0 spiro atoms. The predicted molar refractivity (Wildman–Crippen MR) is 94.0 cm³/mol. The first-order valence-corrected chi connectivity index (χ1v) is 8.55. The highest BCUT2D eigenvalue weighted by Gasteiger charge is 2.20. The highest BCUT2D eigenvalue weighted by atomic mass is 19.1. The van der Waals surface area contributed by atoms with Gasteiger partial charge in [-0.2, -0.15) is 0 Å². The maximum absolute atomic E-state index is 12.9. The lowest BCUT2D eigenvalue weighted by Gasteiger charge is -2.15. The molecule has 2 aromatic carbocycles. The summed E-state index contributed by atoms with van der Waals surface area (Å²) in [5, 5.41) is 2.84. The zero-order chi connectivity index (χ0) is 17.6. The topological polar surface area (TPSA) is 49.4 Å². The number of benzene rings is 2. The SMILES string of the molecule is O=C(NCCc1ccc(F)cc1)c1cccc(C(=O)N2CCCC2)c1. The number of halogens is 1. The summed E-state index contributed by atoms with van der Waals surface area (Å²) < 4.78 is 12.9. The lowest BCUT2D eigenvalue weighted by Crippen LogP contribution is -2.29. The van der Waals surface area contributed by atoms with Crippen molar-refractivity contribution in [2.75, 3.05) is 19.6 Å². The van der Waals surface area contributed by atoms with Crippen molar-refractivity contribution in [3.05, 3.63) is 71.0 Å². The van der Waals surface area contributed by atoms with Crippen LogP contribution < -0.4 is 5.32 Å². The first-order valence-electron chi connectivity index (χ1n) is 8.55. The highest BCUT2D eigenvalue weighted by molar-refractivity contribution is 5.99. The standard InChI is InChI=1S/C20H21FN2O2/c21-18-8-6-15(7-9-18)10-11-22-19(24)16-4-3-5-17(14-16)20(25)23-12-1-2-13-23/h3-9,14H,1-2,10-13H2,(H,22,24). The Morgan fingerprint density at radius 2 is 1.68 bits per heavy atom. The number of amides is 2. The third-order valence-electron chi connectivity index (χ3n) is 4.38. The van der Waals surface area contributed by atoms with Crippen molar-refractivity contribution in [2.24, 2.45) is 0 Å². The zero-order valence-electron chi connectivity index (χ0n) is 14.0. The van der Waals surface area contributed by atoms with E-state index in [4.69, 9.17) is 0 Å². The second-order valence-electron chi connectivity index (χ2n) is 6.21. The van der Waals surface area contributed by atoms with Gasteiger partial charge in [0.2, 0.25) is 0 Å². The molecule has 130 valence electrons. The van der Waals surface area contributed by atoms with Gasteiger partial charge in [-0.15, -0.1) is 0 Å². The molecule has 0 atom stereocenters. The van der Waals surface area contributed by atoms with Crippen LogP contribution in [-0.2, 0) is 6.42 Å². The van der Waals surface area contributed by atoms with E-state index < -0.39 is 0 Å². The fourth-order valence-corrected chi connectivity index (χ4v) is 2.97. The predicted octanol–water partition coefficient (Wildman–Crippen LogP) is 3.03. The van der Waals surface area contributed by atoms with Gasteiger partial charge in [0.05, 0.1) is 0 Å². The molecule has 3 rings (SSSR count). The number of carbonyl (C=O) groups excluding carboxylic acids is 2. The smallest absolute Gasteiger partial charge is 0.253 e. The average Bonchev–Trinajstić information content (AvgIpc) is 3.17. The molecule has 0 unspecified atom stereocenters. The van der Waals surface area contributed by atoms with Gasteiger partial charge >= 0.3 is 0 Å². The van der Waals surface area contributed by atoms with Crippen LogP contribution in [0.15, 0.2) is 48.5 Å². The number of carbonyl (C=O) groups is 2. The van der Waals surface area contributed by atoms with Gasteiger partial charge in [0, 0.05) is 30.8 Å². The van der Waals surface area contributed by atoms with Crippen molar-refractivity contribution in [3.8, 4) is 0 Å². The highest BCUT2D eigenvalue weighted by Crippen LogP contribution is 2.14. The van der Waals surface area contributed by atoms with Crippen molar-refractivity contribution in [1.29, 1.82) is 0 Å². The number of hydrogen-bond donors (Lipinski definition) is 1. The average molecular weight is 340 g/mol. The van der Waals surface area contributed by atoms with Crippen molar-refractivity contribution in [2.45, 2.75) is 19.3 Å². The normalized spacial score (nSPS) is 13.7. The molecule has 0 radical (unpaired) electrons. The molecule has 5 heteroatoms. The van der Waals surface area contributed by atoms with Gasteiger partial charge in [0.15, 0.2) is 0 Å². The monoisotopic (exact) mass is 340 g/mol. The van der Waals surface area contributed by atoms with Crippen LogP contribution in [0.3, 0.4) is 0 Å². The molecule has 1 saturated heterocycles. The minimum atomic E-state index is -0.271. The number of rotatable bonds is 5. The number of hydrogen-bond acceptors (Lipinski definition) is 2. The zero-order valence-corrected chi connectivity index (χ0v) is 14.0. The summed E-state index contributed by atoms with van der Waals surface area (Å²) in [4.78, 5) is 26.5. The fraction of sp³-hybridized carbons (Fsp3) is 0.300. The van der Waals surface area contributed by atoms with Crippen LogP contribution in [0.25, 0.3) is 0 Å². The van der Waals surface area contributed by atoms with Crippen LogP contribution in [0, 0.1) is 5.82 Å². The Morgan fingerprint density at radius 3 is 2.40 bits per heavy atom. The molecule has 2 aromatic rings. The van der Waals surface area contributed by atoms with Gasteiger partial charge in [0.25, 0.3) is 11.8 Å². The maximum Gasteiger partial charge on any atom is 0.253 e. The number of likely N-dealkylation sites (tertiary alicyclic amines) is 1. The Kier molecular flexibility index (Phi) is 5.43. The van der Waals surface area contributed by atoms with E-state index in [1.807, 2.05) is 4.90 Å². The molecule has 0 aliphatic carbocycles. The summed E-state index contributed by atoms with van der Waals surface area (Å²) in [5.74, 6) is -0.496. The van der Waals surface area contributed by atoms with E-state index in [1.54, 1.807) is 36.4 Å². The quantitative estimate of drug-likeness (QED) is 0.909. The number of nitrogens with one attached hydrogen (secondary N) is 1. The van der Waals surface area contributed by atoms with Crippen LogP contribution in [0.4, 0.5) is 4.39 Å². The van der Waals surface area contributed by atoms with Gasteiger partial charge in [-0.3, -0.25) is 9.59 Å². The molecule has 1 fully saturated rings. The Morgan fingerprint density at radius 1 is 1.00 bits per heavy atom. The summed E-state index contributed by atoms with van der Waals surface area (Å²) in [5.41, 5.74) is 1.98. The van der Waals surface area contributed by atoms with Gasteiger partial charge < -0.3 is 10.2 Å². The molecule has 1 aliphatic rings. The molecule has 1 aliphatic heterocycles. The minimum Gasteiger partial charge on any atom is -0.352 e. The summed E-state index contributed by atoms with van der Waals surface area (Å²) in [7, 11) is 0. The fourth-order valence-electron chi connectivity index (χ4n) is 2.97. The van der Waals surface area contributed by atoms with E-state index in [9.17, 15) is 14.0 Å². The number of nitrogens with zero attached hydrogens (tertiary/aromatic N) is 1. The summed E-state index contributed by atoms with van der Waals surface area (Å²) >= 11 is 0. The lowest BCUT2D eigenvalue weighted by atomic mass is 10.1. The summed E-state index contributed by atoms with van der Waals surface area (Å²) in [6.45, 7) is 2.02. The molecule has 1 N–H and O–H groups in total. The molecule has 2 amide bonds. The van der Waals surface area contributed by atoms with Crippen molar-refractivity contribution in [3.63, 3.8) is 0 Å². The second-order valence-corrected chi connectivity index (χ2v) is 6.21. The summed E-state index contributed by atoms with van der Waals surface area (Å²) in [6.07, 6.45) is 2.70. The minimum absolute atomic E-state index is 0.0153. The third-order valence-corrected chi connectivity index (χ3v) is 4.38. The van der Waals surface area contributed by atoms with Gasteiger partial charge in [0.1, 0.15) is 5.82 Å². The van der Waals surface area contributed by atoms with E-state index in [0.717, 1.165) is 31.5 Å². The van der Waals surface area contributed by atoms with Gasteiger partial charge in [-0.25, -0.2) is 4.39 Å². The largest absolute Gasteiger partial charge is 0.352 e. The Bertz CT molecular complexity index is 753.